The molecule has 5 nitrogen and oxygen atoms in total. The molecule has 1 fully saturated rings. The Balaban J connectivity index is 1.50. The number of aliphatic imine (C=N–C) groups is 2. The lowest BCUT2D eigenvalue weighted by Crippen LogP contribution is -2.47. The van der Waals surface area contributed by atoms with E-state index in [1.165, 1.54) is 17.1 Å². The van der Waals surface area contributed by atoms with Crippen LogP contribution in [-0.4, -0.2) is 59.1 Å². The van der Waals surface area contributed by atoms with Crippen molar-refractivity contribution < 1.29 is 0 Å². The molecule has 0 radical (unpaired) electrons. The third-order valence-electron chi connectivity index (χ3n) is 6.31. The average Bonchev–Trinajstić information content (AvgIpc) is 3.00. The lowest BCUT2D eigenvalue weighted by atomic mass is 10.1. The number of benzene rings is 2. The largest absolute Gasteiger partial charge is 0.357 e. The van der Waals surface area contributed by atoms with Gasteiger partial charge >= 0.3 is 0 Å². The predicted octanol–water partition coefficient (Wildman–Crippen LogP) is 4.90. The van der Waals surface area contributed by atoms with Crippen LogP contribution in [0.25, 0.3) is 5.69 Å². The fraction of sp³-hybridized carbons (Fsp3) is 0.308. The van der Waals surface area contributed by atoms with Gasteiger partial charge in [0, 0.05) is 49.7 Å². The van der Waals surface area contributed by atoms with Gasteiger partial charge in [0.15, 0.2) is 0 Å². The lowest BCUT2D eigenvalue weighted by molar-refractivity contribution is 0.214. The van der Waals surface area contributed by atoms with Crippen molar-refractivity contribution in [1.29, 1.82) is 0 Å². The highest BCUT2D eigenvalue weighted by atomic mass is 15.3. The van der Waals surface area contributed by atoms with Crippen LogP contribution in [0.3, 0.4) is 0 Å². The van der Waals surface area contributed by atoms with Gasteiger partial charge in [-0.15, -0.1) is 0 Å². The molecule has 0 spiro atoms. The first-order chi connectivity index (χ1) is 15.1. The Hall–Kier alpha value is -3.18. The van der Waals surface area contributed by atoms with E-state index in [2.05, 4.69) is 83.8 Å². The fourth-order valence-electron chi connectivity index (χ4n) is 4.46. The first kappa shape index (κ1) is 19.8. The number of likely N-dealkylation sites (N-methyl/N-ethyl adjacent to an activating group) is 1. The number of fused-ring (bicyclic) bond motifs is 1. The normalized spacial score (nSPS) is 17.1. The third-order valence-corrected chi connectivity index (χ3v) is 6.31. The Kier molecular flexibility index (Phi) is 5.20. The van der Waals surface area contributed by atoms with Gasteiger partial charge in [0.05, 0.1) is 17.1 Å². The number of nitrogens with zero attached hydrogens (tertiary/aromatic N) is 5. The number of hydrogen-bond donors (Lipinski definition) is 0. The van der Waals surface area contributed by atoms with Gasteiger partial charge in [-0.1, -0.05) is 24.3 Å². The third kappa shape index (κ3) is 3.93. The summed E-state index contributed by atoms with van der Waals surface area (Å²) in [5.74, 6) is 1.12. The Morgan fingerprint density at radius 3 is 1.97 bits per heavy atom. The highest BCUT2D eigenvalue weighted by Crippen LogP contribution is 2.32. The highest BCUT2D eigenvalue weighted by molar-refractivity contribution is 6.14. The fourth-order valence-corrected chi connectivity index (χ4v) is 4.46. The van der Waals surface area contributed by atoms with Crippen molar-refractivity contribution in [3.05, 3.63) is 77.6 Å². The standard InChI is InChI=1S/C26H29N5/c1-19-8-9-20(2)31(19)22-12-10-21(11-13-22)25-18-26(30-16-14-29(3)15-17-30)28-24-7-5-4-6-23(24)27-25/h4-13H,14-18H2,1-3H3. The molecular formula is C26H29N5. The van der Waals surface area contributed by atoms with Gasteiger partial charge in [0.1, 0.15) is 5.84 Å². The molecule has 2 aromatic carbocycles. The molecule has 2 aliphatic heterocycles. The molecule has 3 heterocycles. The van der Waals surface area contributed by atoms with Gasteiger partial charge in [-0.05, 0) is 62.9 Å². The molecule has 31 heavy (non-hydrogen) atoms. The van der Waals surface area contributed by atoms with Crippen LogP contribution in [0.2, 0.25) is 0 Å². The zero-order chi connectivity index (χ0) is 21.4. The molecule has 5 rings (SSSR count). The van der Waals surface area contributed by atoms with Gasteiger partial charge in [-0.3, -0.25) is 4.99 Å². The Labute approximate surface area is 184 Å². The van der Waals surface area contributed by atoms with Gasteiger partial charge in [0.25, 0.3) is 0 Å². The van der Waals surface area contributed by atoms with E-state index in [0.717, 1.165) is 61.1 Å². The number of aryl methyl sites for hydroxylation is 2. The summed E-state index contributed by atoms with van der Waals surface area (Å²) < 4.78 is 2.28. The molecule has 158 valence electrons. The maximum atomic E-state index is 5.06. The maximum absolute atomic E-state index is 5.06. The van der Waals surface area contributed by atoms with Crippen LogP contribution in [0.5, 0.6) is 0 Å². The van der Waals surface area contributed by atoms with Crippen LogP contribution in [0, 0.1) is 13.8 Å². The van der Waals surface area contributed by atoms with E-state index in [4.69, 9.17) is 9.98 Å². The molecule has 2 aliphatic rings. The average molecular weight is 412 g/mol. The number of aromatic nitrogens is 1. The molecule has 0 atom stereocenters. The van der Waals surface area contributed by atoms with Crippen molar-refractivity contribution in [3.63, 3.8) is 0 Å². The molecular weight excluding hydrogens is 382 g/mol. The second kappa shape index (κ2) is 8.16. The smallest absolute Gasteiger partial charge is 0.111 e. The molecule has 0 bridgehead atoms. The second-order valence-corrected chi connectivity index (χ2v) is 8.54. The van der Waals surface area contributed by atoms with Crippen LogP contribution < -0.4 is 0 Å². The summed E-state index contributed by atoms with van der Waals surface area (Å²) in [7, 11) is 2.18. The van der Waals surface area contributed by atoms with Crippen molar-refractivity contribution in [2.75, 3.05) is 33.2 Å². The van der Waals surface area contributed by atoms with Crippen LogP contribution in [0.1, 0.15) is 23.4 Å². The minimum absolute atomic E-state index is 0.749. The van der Waals surface area contributed by atoms with Gasteiger partial charge in [-0.2, -0.15) is 0 Å². The van der Waals surface area contributed by atoms with Crippen LogP contribution in [0.15, 0.2) is 70.6 Å². The van der Waals surface area contributed by atoms with Crippen LogP contribution >= 0.6 is 0 Å². The SMILES string of the molecule is Cc1ccc(C)n1-c1ccc(C2=Nc3ccccc3N=C(N3CCN(C)CC3)C2)cc1. The monoisotopic (exact) mass is 411 g/mol. The molecule has 0 aliphatic carbocycles. The summed E-state index contributed by atoms with van der Waals surface area (Å²) in [6.45, 7) is 8.44. The lowest BCUT2D eigenvalue weighted by Gasteiger charge is -2.34. The second-order valence-electron chi connectivity index (χ2n) is 8.54. The first-order valence-electron chi connectivity index (χ1n) is 11.0. The highest BCUT2D eigenvalue weighted by Gasteiger charge is 2.22. The molecule has 1 saturated heterocycles. The van der Waals surface area contributed by atoms with Gasteiger partial charge in [0.2, 0.25) is 0 Å². The number of rotatable bonds is 2. The quantitative estimate of drug-likeness (QED) is 0.602. The summed E-state index contributed by atoms with van der Waals surface area (Å²) in [6, 6.07) is 21.3. The topological polar surface area (TPSA) is 36.1 Å². The summed E-state index contributed by atoms with van der Waals surface area (Å²) >= 11 is 0. The summed E-state index contributed by atoms with van der Waals surface area (Å²) in [6.07, 6.45) is 0.749. The van der Waals surface area contributed by atoms with E-state index < -0.39 is 0 Å². The van der Waals surface area contributed by atoms with E-state index in [0.29, 0.717) is 0 Å². The number of piperazine rings is 1. The predicted molar refractivity (Wildman–Crippen MR) is 129 cm³/mol. The Bertz CT molecular complexity index is 1130. The van der Waals surface area contributed by atoms with E-state index in [1.807, 2.05) is 12.1 Å². The van der Waals surface area contributed by atoms with Crippen molar-refractivity contribution in [3.8, 4) is 5.69 Å². The molecule has 5 heteroatoms. The molecule has 0 unspecified atom stereocenters. The first-order valence-corrected chi connectivity index (χ1v) is 11.0. The number of para-hydroxylation sites is 2. The summed E-state index contributed by atoms with van der Waals surface area (Å²) in [5, 5.41) is 0. The molecule has 0 saturated carbocycles. The van der Waals surface area contributed by atoms with Gasteiger partial charge in [-0.25, -0.2) is 4.99 Å². The number of hydrogen-bond acceptors (Lipinski definition) is 4. The van der Waals surface area contributed by atoms with E-state index in [1.54, 1.807) is 0 Å². The van der Waals surface area contributed by atoms with E-state index >= 15 is 0 Å². The van der Waals surface area contributed by atoms with E-state index in [9.17, 15) is 0 Å². The van der Waals surface area contributed by atoms with Crippen molar-refractivity contribution in [2.24, 2.45) is 9.98 Å². The van der Waals surface area contributed by atoms with Crippen LogP contribution in [-0.2, 0) is 0 Å². The minimum atomic E-state index is 0.749. The summed E-state index contributed by atoms with van der Waals surface area (Å²) in [4.78, 5) is 14.9. The number of amidine groups is 1. The minimum Gasteiger partial charge on any atom is -0.357 e. The van der Waals surface area contributed by atoms with Crippen molar-refractivity contribution >= 4 is 22.9 Å². The van der Waals surface area contributed by atoms with Crippen molar-refractivity contribution in [2.45, 2.75) is 20.3 Å². The zero-order valence-corrected chi connectivity index (χ0v) is 18.5. The Morgan fingerprint density at radius 2 is 1.32 bits per heavy atom. The molecule has 1 aromatic heterocycles. The van der Waals surface area contributed by atoms with Crippen molar-refractivity contribution in [1.82, 2.24) is 14.4 Å². The molecule has 3 aromatic rings. The molecule has 0 amide bonds. The van der Waals surface area contributed by atoms with Crippen LogP contribution in [0.4, 0.5) is 11.4 Å². The van der Waals surface area contributed by atoms with E-state index in [-0.39, 0.29) is 0 Å². The Morgan fingerprint density at radius 1 is 0.710 bits per heavy atom. The maximum Gasteiger partial charge on any atom is 0.111 e. The van der Waals surface area contributed by atoms with Gasteiger partial charge < -0.3 is 14.4 Å². The molecule has 0 N–H and O–H groups in total. The summed E-state index contributed by atoms with van der Waals surface area (Å²) in [5.41, 5.74) is 7.82. The zero-order valence-electron chi connectivity index (χ0n) is 18.5.